The molecule has 0 heterocycles. The smallest absolute Gasteiger partial charge is 0.0354 e. The Balaban J connectivity index is 1.75. The van der Waals surface area contributed by atoms with Gasteiger partial charge in [-0.1, -0.05) is 23.8 Å². The van der Waals surface area contributed by atoms with Crippen LogP contribution in [0, 0.1) is 6.92 Å². The van der Waals surface area contributed by atoms with Crippen molar-refractivity contribution in [2.75, 3.05) is 7.05 Å². The van der Waals surface area contributed by atoms with E-state index in [-0.39, 0.29) is 0 Å². The fraction of sp³-hybridized carbons (Fsp3) is 0.647. The van der Waals surface area contributed by atoms with E-state index in [1.54, 1.807) is 11.1 Å². The summed E-state index contributed by atoms with van der Waals surface area (Å²) < 4.78 is 0. The third-order valence-corrected chi connectivity index (χ3v) is 5.16. The molecule has 0 spiro atoms. The zero-order valence-corrected chi connectivity index (χ0v) is 12.2. The molecule has 1 atom stereocenters. The van der Waals surface area contributed by atoms with Crippen molar-refractivity contribution in [1.29, 1.82) is 0 Å². The molecular formula is C17H26N2. The van der Waals surface area contributed by atoms with Gasteiger partial charge in [-0.05, 0) is 63.6 Å². The normalized spacial score (nSPS) is 30.6. The number of nitrogens with zero attached hydrogens (tertiary/aromatic N) is 1. The highest BCUT2D eigenvalue weighted by Gasteiger charge is 2.31. The summed E-state index contributed by atoms with van der Waals surface area (Å²) in [7, 11) is 2.32. The van der Waals surface area contributed by atoms with Gasteiger partial charge in [0.15, 0.2) is 0 Å². The number of rotatable bonds is 2. The fourth-order valence-electron chi connectivity index (χ4n) is 3.89. The van der Waals surface area contributed by atoms with Gasteiger partial charge < -0.3 is 5.73 Å². The lowest BCUT2D eigenvalue weighted by Gasteiger charge is -2.37. The minimum Gasteiger partial charge on any atom is -0.328 e. The van der Waals surface area contributed by atoms with Crippen LogP contribution >= 0.6 is 0 Å². The van der Waals surface area contributed by atoms with E-state index in [1.165, 1.54) is 44.1 Å². The van der Waals surface area contributed by atoms with E-state index in [9.17, 15) is 0 Å². The van der Waals surface area contributed by atoms with Crippen molar-refractivity contribution < 1.29 is 0 Å². The molecule has 0 saturated heterocycles. The molecule has 1 fully saturated rings. The maximum absolute atomic E-state index is 6.03. The van der Waals surface area contributed by atoms with Gasteiger partial charge in [0.2, 0.25) is 0 Å². The maximum Gasteiger partial charge on any atom is 0.0354 e. The van der Waals surface area contributed by atoms with Crippen LogP contribution in [-0.2, 0) is 6.42 Å². The van der Waals surface area contributed by atoms with Crippen molar-refractivity contribution in [3.8, 4) is 0 Å². The third-order valence-electron chi connectivity index (χ3n) is 5.16. The summed E-state index contributed by atoms with van der Waals surface area (Å²) >= 11 is 0. The molecule has 3 rings (SSSR count). The lowest BCUT2D eigenvalue weighted by Crippen LogP contribution is -2.40. The summed E-state index contributed by atoms with van der Waals surface area (Å²) in [6.45, 7) is 2.20. The Bertz CT molecular complexity index is 447. The Morgan fingerprint density at radius 2 is 1.84 bits per heavy atom. The van der Waals surface area contributed by atoms with Crippen LogP contribution in [0.2, 0.25) is 0 Å². The molecule has 0 aliphatic heterocycles. The summed E-state index contributed by atoms with van der Waals surface area (Å²) in [5.74, 6) is 0. The van der Waals surface area contributed by atoms with E-state index < -0.39 is 0 Å². The van der Waals surface area contributed by atoms with Gasteiger partial charge in [-0.15, -0.1) is 0 Å². The quantitative estimate of drug-likeness (QED) is 0.882. The van der Waals surface area contributed by atoms with Crippen molar-refractivity contribution >= 4 is 0 Å². The first-order chi connectivity index (χ1) is 9.15. The number of hydrogen-bond donors (Lipinski definition) is 1. The predicted molar refractivity (Wildman–Crippen MR) is 80.2 cm³/mol. The highest BCUT2D eigenvalue weighted by Crippen LogP contribution is 2.38. The summed E-state index contributed by atoms with van der Waals surface area (Å²) in [4.78, 5) is 2.64. The molecule has 1 unspecified atom stereocenters. The van der Waals surface area contributed by atoms with Crippen molar-refractivity contribution in [1.82, 2.24) is 4.90 Å². The first-order valence-electron chi connectivity index (χ1n) is 7.72. The first kappa shape index (κ1) is 13.1. The molecule has 104 valence electrons. The third kappa shape index (κ3) is 2.56. The van der Waals surface area contributed by atoms with E-state index in [2.05, 4.69) is 37.1 Å². The Kier molecular flexibility index (Phi) is 3.64. The van der Waals surface area contributed by atoms with Crippen molar-refractivity contribution in [3.63, 3.8) is 0 Å². The van der Waals surface area contributed by atoms with Gasteiger partial charge in [0.25, 0.3) is 0 Å². The lowest BCUT2D eigenvalue weighted by molar-refractivity contribution is 0.131. The second-order valence-electron chi connectivity index (χ2n) is 6.49. The molecule has 2 aliphatic rings. The van der Waals surface area contributed by atoms with Crippen molar-refractivity contribution in [2.24, 2.45) is 5.73 Å². The highest BCUT2D eigenvalue weighted by molar-refractivity contribution is 5.37. The zero-order chi connectivity index (χ0) is 13.4. The molecule has 1 aromatic rings. The SMILES string of the molecule is Cc1ccc2c(c1)C(N(C)C1CCC(N)CC1)CC2. The molecule has 2 N–H and O–H groups in total. The van der Waals surface area contributed by atoms with Crippen LogP contribution in [0.5, 0.6) is 0 Å². The molecule has 0 amide bonds. The first-order valence-corrected chi connectivity index (χ1v) is 7.72. The standard InChI is InChI=1S/C17H26N2/c1-12-3-4-13-5-10-17(16(13)11-12)19(2)15-8-6-14(18)7-9-15/h3-4,11,14-15,17H,5-10,18H2,1-2H3. The maximum atomic E-state index is 6.03. The lowest BCUT2D eigenvalue weighted by atomic mass is 9.89. The van der Waals surface area contributed by atoms with Crippen molar-refractivity contribution in [2.45, 2.75) is 63.6 Å². The Hall–Kier alpha value is -0.860. The zero-order valence-electron chi connectivity index (χ0n) is 12.2. The van der Waals surface area contributed by atoms with Gasteiger partial charge in [-0.3, -0.25) is 4.90 Å². The van der Waals surface area contributed by atoms with Gasteiger partial charge in [0, 0.05) is 18.1 Å². The molecule has 0 aromatic heterocycles. The number of aryl methyl sites for hydroxylation is 2. The largest absolute Gasteiger partial charge is 0.328 e. The van der Waals surface area contributed by atoms with E-state index in [0.29, 0.717) is 12.1 Å². The second-order valence-corrected chi connectivity index (χ2v) is 6.49. The Labute approximate surface area is 117 Å². The van der Waals surface area contributed by atoms with Gasteiger partial charge >= 0.3 is 0 Å². The molecule has 19 heavy (non-hydrogen) atoms. The van der Waals surface area contributed by atoms with Crippen LogP contribution in [-0.4, -0.2) is 24.0 Å². The van der Waals surface area contributed by atoms with E-state index in [0.717, 1.165) is 6.04 Å². The average molecular weight is 258 g/mol. The number of benzene rings is 1. The van der Waals surface area contributed by atoms with Crippen LogP contribution in [0.4, 0.5) is 0 Å². The fourth-order valence-corrected chi connectivity index (χ4v) is 3.89. The number of fused-ring (bicyclic) bond motifs is 1. The second kappa shape index (κ2) is 5.26. The predicted octanol–water partition coefficient (Wildman–Crippen LogP) is 3.18. The monoisotopic (exact) mass is 258 g/mol. The van der Waals surface area contributed by atoms with Gasteiger partial charge in [0.1, 0.15) is 0 Å². The van der Waals surface area contributed by atoms with Crippen LogP contribution in [0.1, 0.15) is 54.8 Å². The van der Waals surface area contributed by atoms with E-state index >= 15 is 0 Å². The van der Waals surface area contributed by atoms with Crippen LogP contribution in [0.25, 0.3) is 0 Å². The van der Waals surface area contributed by atoms with Gasteiger partial charge in [0.05, 0.1) is 0 Å². The van der Waals surface area contributed by atoms with Crippen LogP contribution in [0.15, 0.2) is 18.2 Å². The molecule has 2 heteroatoms. The minimum absolute atomic E-state index is 0.447. The van der Waals surface area contributed by atoms with Crippen molar-refractivity contribution in [3.05, 3.63) is 34.9 Å². The summed E-state index contributed by atoms with van der Waals surface area (Å²) in [5.41, 5.74) is 10.6. The summed E-state index contributed by atoms with van der Waals surface area (Å²) in [5, 5.41) is 0. The Morgan fingerprint density at radius 3 is 2.58 bits per heavy atom. The number of hydrogen-bond acceptors (Lipinski definition) is 2. The van der Waals surface area contributed by atoms with Crippen LogP contribution < -0.4 is 5.73 Å². The molecule has 2 nitrogen and oxygen atoms in total. The molecule has 1 saturated carbocycles. The topological polar surface area (TPSA) is 29.3 Å². The summed E-state index contributed by atoms with van der Waals surface area (Å²) in [6.07, 6.45) is 7.48. The molecule has 0 bridgehead atoms. The van der Waals surface area contributed by atoms with Crippen LogP contribution in [0.3, 0.4) is 0 Å². The number of nitrogens with two attached hydrogens (primary N) is 1. The highest BCUT2D eigenvalue weighted by atomic mass is 15.2. The molecule has 1 aromatic carbocycles. The average Bonchev–Trinajstić information content (AvgIpc) is 2.81. The summed E-state index contributed by atoms with van der Waals surface area (Å²) in [6, 6.07) is 8.79. The molecular weight excluding hydrogens is 232 g/mol. The molecule has 2 aliphatic carbocycles. The Morgan fingerprint density at radius 1 is 1.11 bits per heavy atom. The van der Waals surface area contributed by atoms with E-state index in [1.807, 2.05) is 0 Å². The minimum atomic E-state index is 0.447. The van der Waals surface area contributed by atoms with Gasteiger partial charge in [-0.25, -0.2) is 0 Å². The van der Waals surface area contributed by atoms with E-state index in [4.69, 9.17) is 5.73 Å². The molecule has 0 radical (unpaired) electrons. The van der Waals surface area contributed by atoms with Gasteiger partial charge in [-0.2, -0.15) is 0 Å².